The lowest BCUT2D eigenvalue weighted by Crippen LogP contribution is -2.57. The molecular formula is C19H22BN5O5. The summed E-state index contributed by atoms with van der Waals surface area (Å²) in [5.74, 6) is -0.649. The number of amides is 1. The smallest absolute Gasteiger partial charge is 0.526 e. The Hall–Kier alpha value is -3.05. The summed E-state index contributed by atoms with van der Waals surface area (Å²) >= 11 is 0. The molecule has 3 N–H and O–H groups in total. The van der Waals surface area contributed by atoms with Gasteiger partial charge in [0.2, 0.25) is 0 Å². The molecule has 0 aliphatic carbocycles. The van der Waals surface area contributed by atoms with Crippen LogP contribution in [-0.4, -0.2) is 68.6 Å². The van der Waals surface area contributed by atoms with Gasteiger partial charge in [0.15, 0.2) is 17.3 Å². The lowest BCUT2D eigenvalue weighted by molar-refractivity contribution is -0.120. The van der Waals surface area contributed by atoms with E-state index in [9.17, 15) is 19.4 Å². The largest absolute Gasteiger partial charge is 0.535 e. The number of ketones is 2. The summed E-state index contributed by atoms with van der Waals surface area (Å²) in [6, 6.07) is 5.22. The predicted octanol–water partition coefficient (Wildman–Crippen LogP) is -0.291. The monoisotopic (exact) mass is 411 g/mol. The van der Waals surface area contributed by atoms with Gasteiger partial charge in [0.05, 0.1) is 11.8 Å². The summed E-state index contributed by atoms with van der Waals surface area (Å²) in [7, 11) is -1.19. The van der Waals surface area contributed by atoms with Crippen molar-refractivity contribution in [3.8, 4) is 5.75 Å². The molecule has 30 heavy (non-hydrogen) atoms. The summed E-state index contributed by atoms with van der Waals surface area (Å²) in [4.78, 5) is 38.1. The summed E-state index contributed by atoms with van der Waals surface area (Å²) in [6.45, 7) is 2.34. The van der Waals surface area contributed by atoms with Crippen LogP contribution in [0.15, 0.2) is 24.4 Å². The molecule has 4 rings (SSSR count). The average Bonchev–Trinajstić information content (AvgIpc) is 3.13. The molecule has 1 saturated heterocycles. The van der Waals surface area contributed by atoms with Gasteiger partial charge >= 0.3 is 7.12 Å². The van der Waals surface area contributed by atoms with Crippen molar-refractivity contribution in [3.05, 3.63) is 41.2 Å². The zero-order chi connectivity index (χ0) is 21.4. The number of nitrogens with two attached hydrogens (primary N) is 1. The van der Waals surface area contributed by atoms with Crippen molar-refractivity contribution in [3.63, 3.8) is 0 Å². The molecule has 3 heterocycles. The number of nitrogens with zero attached hydrogens (tertiary/aromatic N) is 4. The predicted molar refractivity (Wildman–Crippen MR) is 106 cm³/mol. The van der Waals surface area contributed by atoms with E-state index in [4.69, 9.17) is 10.4 Å². The van der Waals surface area contributed by atoms with Crippen molar-refractivity contribution < 1.29 is 24.1 Å². The van der Waals surface area contributed by atoms with Crippen LogP contribution in [0.3, 0.4) is 0 Å². The van der Waals surface area contributed by atoms with Gasteiger partial charge in [0, 0.05) is 31.4 Å². The van der Waals surface area contributed by atoms with E-state index in [0.717, 1.165) is 5.56 Å². The standard InChI is InChI=1S/C19H22BN5O5/c1-11(26)16-4-2-3-12-5-13(20(29)30-18(12)16)6-15(27)9-25-10-17(22-23-25)19(28)24-7-14(21)8-24/h2-4,10,13-14,29H,5-9,21H2,1H3/t13-/m1/s1. The van der Waals surface area contributed by atoms with Crippen LogP contribution < -0.4 is 10.4 Å². The second-order valence-electron chi connectivity index (χ2n) is 7.84. The molecule has 10 nitrogen and oxygen atoms in total. The third kappa shape index (κ3) is 3.98. The number of para-hydroxylation sites is 1. The summed E-state index contributed by atoms with van der Waals surface area (Å²) < 4.78 is 6.88. The topological polar surface area (TPSA) is 141 Å². The minimum absolute atomic E-state index is 0.00799. The van der Waals surface area contributed by atoms with Crippen LogP contribution in [0.2, 0.25) is 5.82 Å². The number of fused-ring (bicyclic) bond motifs is 1. The van der Waals surface area contributed by atoms with Crippen LogP contribution >= 0.6 is 0 Å². The Kier molecular flexibility index (Phi) is 5.40. The molecule has 1 atom stereocenters. The van der Waals surface area contributed by atoms with Gasteiger partial charge in [-0.1, -0.05) is 17.3 Å². The van der Waals surface area contributed by atoms with Crippen molar-refractivity contribution in [2.24, 2.45) is 5.73 Å². The highest BCUT2D eigenvalue weighted by Gasteiger charge is 2.37. The van der Waals surface area contributed by atoms with Crippen molar-refractivity contribution in [1.29, 1.82) is 0 Å². The van der Waals surface area contributed by atoms with Crippen LogP contribution in [-0.2, 0) is 17.8 Å². The van der Waals surface area contributed by atoms with E-state index in [1.165, 1.54) is 17.8 Å². The fourth-order valence-corrected chi connectivity index (χ4v) is 3.79. The van der Waals surface area contributed by atoms with Gasteiger partial charge in [-0.05, 0) is 25.0 Å². The van der Waals surface area contributed by atoms with Gasteiger partial charge in [0.25, 0.3) is 5.91 Å². The van der Waals surface area contributed by atoms with E-state index in [-0.39, 0.29) is 42.2 Å². The van der Waals surface area contributed by atoms with E-state index < -0.39 is 12.9 Å². The minimum atomic E-state index is -1.19. The molecule has 156 valence electrons. The Morgan fingerprint density at radius 1 is 1.33 bits per heavy atom. The van der Waals surface area contributed by atoms with E-state index in [1.54, 1.807) is 17.0 Å². The number of aromatic nitrogens is 3. The number of likely N-dealkylation sites (tertiary alicyclic amines) is 1. The zero-order valence-electron chi connectivity index (χ0n) is 16.5. The van der Waals surface area contributed by atoms with Gasteiger partial charge < -0.3 is 20.3 Å². The first-order valence-electron chi connectivity index (χ1n) is 9.76. The third-order valence-corrected chi connectivity index (χ3v) is 5.38. The van der Waals surface area contributed by atoms with Gasteiger partial charge in [0.1, 0.15) is 12.3 Å². The lowest BCUT2D eigenvalue weighted by atomic mass is 9.64. The first kappa shape index (κ1) is 20.2. The highest BCUT2D eigenvalue weighted by atomic mass is 16.5. The number of Topliss-reactive ketones (excluding diaryl/α,β-unsaturated/α-hetero) is 2. The minimum Gasteiger partial charge on any atom is -0.535 e. The van der Waals surface area contributed by atoms with Crippen molar-refractivity contribution in [1.82, 2.24) is 19.9 Å². The number of rotatable bonds is 6. The van der Waals surface area contributed by atoms with Crippen LogP contribution in [0.5, 0.6) is 5.75 Å². The molecule has 11 heteroatoms. The van der Waals surface area contributed by atoms with E-state index in [1.807, 2.05) is 6.07 Å². The number of carbonyl (C=O) groups excluding carboxylic acids is 3. The third-order valence-electron chi connectivity index (χ3n) is 5.38. The maximum absolute atomic E-state index is 12.5. The summed E-state index contributed by atoms with van der Waals surface area (Å²) in [5.41, 5.74) is 7.05. The van der Waals surface area contributed by atoms with Gasteiger partial charge in [-0.2, -0.15) is 0 Å². The molecule has 0 saturated carbocycles. The molecule has 0 spiro atoms. The molecule has 1 amide bonds. The fourth-order valence-electron chi connectivity index (χ4n) is 3.79. The molecule has 0 bridgehead atoms. The first-order chi connectivity index (χ1) is 14.3. The molecule has 1 fully saturated rings. The maximum Gasteiger partial charge on any atom is 0.526 e. The highest BCUT2D eigenvalue weighted by molar-refractivity contribution is 6.47. The number of carbonyl (C=O) groups is 3. The Morgan fingerprint density at radius 3 is 2.80 bits per heavy atom. The molecule has 2 aliphatic rings. The van der Waals surface area contributed by atoms with Gasteiger partial charge in [-0.3, -0.25) is 14.4 Å². The number of benzene rings is 1. The molecule has 0 radical (unpaired) electrons. The Bertz CT molecular complexity index is 1000. The maximum atomic E-state index is 12.5. The highest BCUT2D eigenvalue weighted by Crippen LogP contribution is 2.36. The second-order valence-corrected chi connectivity index (χ2v) is 7.84. The van der Waals surface area contributed by atoms with Crippen molar-refractivity contribution in [2.45, 2.75) is 38.2 Å². The van der Waals surface area contributed by atoms with Crippen molar-refractivity contribution in [2.75, 3.05) is 13.1 Å². The van der Waals surface area contributed by atoms with E-state index in [0.29, 0.717) is 30.8 Å². The van der Waals surface area contributed by atoms with Gasteiger partial charge in [-0.15, -0.1) is 5.10 Å². The Morgan fingerprint density at radius 2 is 2.10 bits per heavy atom. The molecular weight excluding hydrogens is 389 g/mol. The van der Waals surface area contributed by atoms with Crippen LogP contribution in [0.25, 0.3) is 0 Å². The van der Waals surface area contributed by atoms with Crippen LogP contribution in [0.4, 0.5) is 0 Å². The molecule has 1 aromatic heterocycles. The summed E-state index contributed by atoms with van der Waals surface area (Å²) in [5, 5.41) is 18.0. The molecule has 0 unspecified atom stereocenters. The first-order valence-corrected chi connectivity index (χ1v) is 9.76. The summed E-state index contributed by atoms with van der Waals surface area (Å²) in [6.07, 6.45) is 1.92. The fraction of sp³-hybridized carbons (Fsp3) is 0.421. The van der Waals surface area contributed by atoms with Crippen LogP contribution in [0.1, 0.15) is 39.8 Å². The number of hydrogen-bond acceptors (Lipinski definition) is 8. The lowest BCUT2D eigenvalue weighted by Gasteiger charge is -2.36. The van der Waals surface area contributed by atoms with E-state index in [2.05, 4.69) is 10.3 Å². The Balaban J connectivity index is 1.37. The van der Waals surface area contributed by atoms with Crippen molar-refractivity contribution >= 4 is 24.6 Å². The average molecular weight is 411 g/mol. The van der Waals surface area contributed by atoms with Crippen LogP contribution in [0, 0.1) is 0 Å². The quantitative estimate of drug-likeness (QED) is 0.488. The molecule has 2 aliphatic heterocycles. The molecule has 1 aromatic carbocycles. The molecule has 2 aromatic rings. The number of hydrogen-bond donors (Lipinski definition) is 2. The Labute approximate surface area is 173 Å². The SMILES string of the molecule is CC(=O)c1cccc2c1OB(O)[C@@H](CC(=O)Cn1cc(C(=O)N3CC(N)C3)nn1)C2. The zero-order valence-corrected chi connectivity index (χ0v) is 16.5. The second kappa shape index (κ2) is 8.00. The van der Waals surface area contributed by atoms with Gasteiger partial charge in [-0.25, -0.2) is 4.68 Å². The normalized spacial score (nSPS) is 18.4. The van der Waals surface area contributed by atoms with E-state index >= 15 is 0 Å².